The smallest absolute Gasteiger partial charge is 0.223 e. The minimum absolute atomic E-state index is 0.267. The number of nitrogens with two attached hydrogens (primary N) is 1. The van der Waals surface area contributed by atoms with Crippen LogP contribution < -0.4 is 16.4 Å². The van der Waals surface area contributed by atoms with Crippen LogP contribution in [-0.4, -0.2) is 16.5 Å². The Balaban J connectivity index is 2.04. The lowest BCUT2D eigenvalue weighted by Gasteiger charge is -2.08. The molecule has 18 heavy (non-hydrogen) atoms. The maximum atomic E-state index is 5.66. The summed E-state index contributed by atoms with van der Waals surface area (Å²) in [4.78, 5) is 9.47. The maximum Gasteiger partial charge on any atom is 0.223 e. The second-order valence-corrected chi connectivity index (χ2v) is 5.52. The quantitative estimate of drug-likeness (QED) is 0.787. The van der Waals surface area contributed by atoms with E-state index in [1.54, 1.807) is 11.3 Å². The average Bonchev–Trinajstić information content (AvgIpc) is 2.72. The first kappa shape index (κ1) is 13.1. The molecule has 0 unspecified atom stereocenters. The molecule has 2 rings (SSSR count). The predicted octanol–water partition coefficient (Wildman–Crippen LogP) is 2.93. The van der Waals surface area contributed by atoms with E-state index in [0.717, 1.165) is 29.2 Å². The van der Waals surface area contributed by atoms with Gasteiger partial charge in [-0.05, 0) is 28.9 Å². The van der Waals surface area contributed by atoms with Crippen molar-refractivity contribution in [1.29, 1.82) is 0 Å². The summed E-state index contributed by atoms with van der Waals surface area (Å²) in [6, 6.07) is 3.93. The van der Waals surface area contributed by atoms with E-state index in [2.05, 4.69) is 48.0 Å². The van der Waals surface area contributed by atoms with Crippen molar-refractivity contribution in [1.82, 2.24) is 9.97 Å². The van der Waals surface area contributed by atoms with Gasteiger partial charge in [-0.3, -0.25) is 0 Å². The third kappa shape index (κ3) is 3.58. The number of anilines is 3. The van der Waals surface area contributed by atoms with E-state index >= 15 is 0 Å². The number of hydrogen-bond donors (Lipinski definition) is 3. The number of nitrogens with zero attached hydrogens (tertiary/aromatic N) is 2. The van der Waals surface area contributed by atoms with Gasteiger partial charge in [-0.1, -0.05) is 0 Å². The van der Waals surface area contributed by atoms with Gasteiger partial charge in [0.2, 0.25) is 5.95 Å². The van der Waals surface area contributed by atoms with Gasteiger partial charge < -0.3 is 16.4 Å². The molecule has 0 aliphatic heterocycles. The molecule has 0 fully saturated rings. The number of nitrogen functional groups attached to an aromatic ring is 1. The van der Waals surface area contributed by atoms with Gasteiger partial charge in [0.15, 0.2) is 0 Å². The SMILES string of the molecule is CCNc1cc(NCc2cc(Br)cs2)nc(N)n1. The van der Waals surface area contributed by atoms with E-state index in [1.807, 2.05) is 13.0 Å². The summed E-state index contributed by atoms with van der Waals surface area (Å²) >= 11 is 5.12. The fourth-order valence-electron chi connectivity index (χ4n) is 1.45. The fourth-order valence-corrected chi connectivity index (χ4v) is 2.84. The minimum Gasteiger partial charge on any atom is -0.370 e. The third-order valence-corrected chi connectivity index (χ3v) is 3.86. The molecule has 0 spiro atoms. The summed E-state index contributed by atoms with van der Waals surface area (Å²) in [5.41, 5.74) is 5.66. The van der Waals surface area contributed by atoms with Crippen molar-refractivity contribution >= 4 is 44.9 Å². The zero-order valence-electron chi connectivity index (χ0n) is 9.90. The van der Waals surface area contributed by atoms with Crippen LogP contribution in [0, 0.1) is 0 Å². The number of nitrogens with one attached hydrogen (secondary N) is 2. The Kier molecular flexibility index (Phi) is 4.38. The average molecular weight is 328 g/mol. The Morgan fingerprint density at radius 2 is 2.00 bits per heavy atom. The highest BCUT2D eigenvalue weighted by molar-refractivity contribution is 9.10. The van der Waals surface area contributed by atoms with Crippen LogP contribution in [0.5, 0.6) is 0 Å². The Hall–Kier alpha value is -1.34. The summed E-state index contributed by atoms with van der Waals surface area (Å²) in [7, 11) is 0. The highest BCUT2D eigenvalue weighted by Crippen LogP contribution is 2.21. The predicted molar refractivity (Wildman–Crippen MR) is 80.0 cm³/mol. The van der Waals surface area contributed by atoms with Gasteiger partial charge in [0.25, 0.3) is 0 Å². The van der Waals surface area contributed by atoms with Gasteiger partial charge in [-0.25, -0.2) is 0 Å². The van der Waals surface area contributed by atoms with Crippen molar-refractivity contribution in [2.75, 3.05) is 22.9 Å². The van der Waals surface area contributed by atoms with E-state index in [0.29, 0.717) is 0 Å². The summed E-state index contributed by atoms with van der Waals surface area (Å²) in [6.45, 7) is 3.53. The molecule has 0 aromatic carbocycles. The van der Waals surface area contributed by atoms with Gasteiger partial charge >= 0.3 is 0 Å². The highest BCUT2D eigenvalue weighted by atomic mass is 79.9. The molecular weight excluding hydrogens is 314 g/mol. The van der Waals surface area contributed by atoms with Gasteiger partial charge in [-0.15, -0.1) is 11.3 Å². The van der Waals surface area contributed by atoms with Crippen molar-refractivity contribution in [3.8, 4) is 0 Å². The summed E-state index contributed by atoms with van der Waals surface area (Å²) in [5.74, 6) is 1.73. The van der Waals surface area contributed by atoms with Crippen LogP contribution in [0.1, 0.15) is 11.8 Å². The topological polar surface area (TPSA) is 75.9 Å². The third-order valence-electron chi connectivity index (χ3n) is 2.17. The highest BCUT2D eigenvalue weighted by Gasteiger charge is 2.02. The summed E-state index contributed by atoms with van der Waals surface area (Å²) in [5, 5.41) is 8.40. The zero-order chi connectivity index (χ0) is 13.0. The molecule has 0 saturated carbocycles. The zero-order valence-corrected chi connectivity index (χ0v) is 12.3. The normalized spacial score (nSPS) is 10.3. The molecule has 0 amide bonds. The molecule has 7 heteroatoms. The Morgan fingerprint density at radius 3 is 2.61 bits per heavy atom. The number of aromatic nitrogens is 2. The van der Waals surface area contributed by atoms with Crippen molar-refractivity contribution in [2.45, 2.75) is 13.5 Å². The van der Waals surface area contributed by atoms with Gasteiger partial charge in [-0.2, -0.15) is 9.97 Å². The maximum absolute atomic E-state index is 5.66. The van der Waals surface area contributed by atoms with Crippen LogP contribution in [0.2, 0.25) is 0 Å². The number of halogens is 1. The Bertz CT molecular complexity index is 528. The Morgan fingerprint density at radius 1 is 1.28 bits per heavy atom. The first-order valence-corrected chi connectivity index (χ1v) is 7.20. The van der Waals surface area contributed by atoms with E-state index in [4.69, 9.17) is 5.73 Å². The van der Waals surface area contributed by atoms with E-state index in [1.165, 1.54) is 4.88 Å². The van der Waals surface area contributed by atoms with Crippen molar-refractivity contribution in [3.05, 3.63) is 26.9 Å². The van der Waals surface area contributed by atoms with Gasteiger partial charge in [0.1, 0.15) is 11.6 Å². The second-order valence-electron chi connectivity index (χ2n) is 3.61. The molecule has 0 saturated heterocycles. The minimum atomic E-state index is 0.267. The van der Waals surface area contributed by atoms with Crippen LogP contribution in [-0.2, 0) is 6.54 Å². The first-order chi connectivity index (χ1) is 8.67. The van der Waals surface area contributed by atoms with Crippen LogP contribution >= 0.6 is 27.3 Å². The molecule has 96 valence electrons. The van der Waals surface area contributed by atoms with Crippen molar-refractivity contribution in [2.24, 2.45) is 0 Å². The largest absolute Gasteiger partial charge is 0.370 e. The van der Waals surface area contributed by atoms with Gasteiger partial charge in [0.05, 0.1) is 6.54 Å². The van der Waals surface area contributed by atoms with Crippen molar-refractivity contribution in [3.63, 3.8) is 0 Å². The molecule has 0 aliphatic carbocycles. The molecule has 2 aromatic rings. The summed E-state index contributed by atoms with van der Waals surface area (Å²) in [6.07, 6.45) is 0. The standard InChI is InChI=1S/C11H14BrN5S/c1-2-14-9-4-10(17-11(13)16-9)15-5-8-3-7(12)6-18-8/h3-4,6H,2,5H2,1H3,(H4,13,14,15,16,17). The van der Waals surface area contributed by atoms with E-state index < -0.39 is 0 Å². The molecule has 4 N–H and O–H groups in total. The molecule has 0 atom stereocenters. The lowest BCUT2D eigenvalue weighted by atomic mass is 10.4. The molecule has 0 radical (unpaired) electrons. The first-order valence-electron chi connectivity index (χ1n) is 5.52. The molecule has 2 heterocycles. The van der Waals surface area contributed by atoms with Crippen LogP contribution in [0.3, 0.4) is 0 Å². The molecular formula is C11H14BrN5S. The van der Waals surface area contributed by atoms with E-state index in [9.17, 15) is 0 Å². The molecule has 0 aliphatic rings. The van der Waals surface area contributed by atoms with Crippen LogP contribution in [0.4, 0.5) is 17.6 Å². The monoisotopic (exact) mass is 327 g/mol. The van der Waals surface area contributed by atoms with E-state index in [-0.39, 0.29) is 5.95 Å². The molecule has 0 bridgehead atoms. The van der Waals surface area contributed by atoms with Crippen LogP contribution in [0.15, 0.2) is 22.0 Å². The second kappa shape index (κ2) is 6.01. The van der Waals surface area contributed by atoms with Crippen molar-refractivity contribution < 1.29 is 0 Å². The number of hydrogen-bond acceptors (Lipinski definition) is 6. The summed E-state index contributed by atoms with van der Waals surface area (Å²) < 4.78 is 1.10. The Labute approximate surface area is 118 Å². The lowest BCUT2D eigenvalue weighted by molar-refractivity contribution is 1.09. The lowest BCUT2D eigenvalue weighted by Crippen LogP contribution is -2.07. The molecule has 5 nitrogen and oxygen atoms in total. The number of thiophene rings is 1. The number of rotatable bonds is 5. The van der Waals surface area contributed by atoms with Crippen LogP contribution in [0.25, 0.3) is 0 Å². The molecule has 2 aromatic heterocycles. The fraction of sp³-hybridized carbons (Fsp3) is 0.273. The van der Waals surface area contributed by atoms with Gasteiger partial charge in [0, 0.05) is 27.3 Å².